The molecule has 1 N–H and O–H groups in total. The number of rotatable bonds is 2. The monoisotopic (exact) mass is 211 g/mol. The Labute approximate surface area is 94.9 Å². The molecule has 0 amide bonds. The van der Waals surface area contributed by atoms with Crippen molar-refractivity contribution in [3.8, 4) is 11.1 Å². The lowest BCUT2D eigenvalue weighted by Gasteiger charge is -2.07. The third-order valence-corrected chi connectivity index (χ3v) is 2.55. The summed E-state index contributed by atoms with van der Waals surface area (Å²) in [5.41, 5.74) is 3.79. The molecular formula is C14H13NO. The van der Waals surface area contributed by atoms with Gasteiger partial charge in [0.05, 0.1) is 5.71 Å². The summed E-state index contributed by atoms with van der Waals surface area (Å²) >= 11 is 0. The lowest BCUT2D eigenvalue weighted by molar-refractivity contribution is 0.319. The molecule has 0 aromatic heterocycles. The molecule has 2 aromatic rings. The SMILES string of the molecule is C/C(=N\O)c1ccccc1-c1ccccc1. The number of nitrogens with zero attached hydrogens (tertiary/aromatic N) is 1. The smallest absolute Gasteiger partial charge is 0.0843 e. The molecule has 80 valence electrons. The second kappa shape index (κ2) is 4.62. The summed E-state index contributed by atoms with van der Waals surface area (Å²) in [4.78, 5) is 0. The Morgan fingerprint density at radius 2 is 1.56 bits per heavy atom. The average Bonchev–Trinajstić information content (AvgIpc) is 2.39. The number of oxime groups is 1. The third-order valence-electron chi connectivity index (χ3n) is 2.55. The normalized spacial score (nSPS) is 11.4. The summed E-state index contributed by atoms with van der Waals surface area (Å²) < 4.78 is 0. The fourth-order valence-corrected chi connectivity index (χ4v) is 1.72. The Hall–Kier alpha value is -2.09. The van der Waals surface area contributed by atoms with E-state index in [4.69, 9.17) is 5.21 Å². The van der Waals surface area contributed by atoms with Crippen LogP contribution in [0.5, 0.6) is 0 Å². The van der Waals surface area contributed by atoms with Crippen molar-refractivity contribution in [1.82, 2.24) is 0 Å². The highest BCUT2D eigenvalue weighted by atomic mass is 16.4. The Balaban J connectivity index is 2.58. The summed E-state index contributed by atoms with van der Waals surface area (Å²) in [7, 11) is 0. The molecule has 0 spiro atoms. The van der Waals surface area contributed by atoms with Crippen LogP contribution >= 0.6 is 0 Å². The van der Waals surface area contributed by atoms with Crippen LogP contribution in [0.2, 0.25) is 0 Å². The fourth-order valence-electron chi connectivity index (χ4n) is 1.72. The van der Waals surface area contributed by atoms with Crippen LogP contribution in [0.1, 0.15) is 12.5 Å². The van der Waals surface area contributed by atoms with Crippen LogP contribution in [-0.2, 0) is 0 Å². The van der Waals surface area contributed by atoms with E-state index in [-0.39, 0.29) is 0 Å². The minimum absolute atomic E-state index is 0.624. The van der Waals surface area contributed by atoms with Crippen molar-refractivity contribution in [3.05, 3.63) is 60.2 Å². The zero-order valence-corrected chi connectivity index (χ0v) is 9.09. The Bertz CT molecular complexity index is 503. The molecule has 0 aliphatic rings. The molecule has 0 bridgehead atoms. The lowest BCUT2D eigenvalue weighted by Crippen LogP contribution is -1.97. The van der Waals surface area contributed by atoms with E-state index in [9.17, 15) is 0 Å². The van der Waals surface area contributed by atoms with Crippen molar-refractivity contribution >= 4 is 5.71 Å². The molecule has 2 heteroatoms. The van der Waals surface area contributed by atoms with Crippen LogP contribution in [0.25, 0.3) is 11.1 Å². The van der Waals surface area contributed by atoms with Crippen molar-refractivity contribution in [2.24, 2.45) is 5.16 Å². The summed E-state index contributed by atoms with van der Waals surface area (Å²) in [5.74, 6) is 0. The number of benzene rings is 2. The highest BCUT2D eigenvalue weighted by Crippen LogP contribution is 2.23. The third kappa shape index (κ3) is 1.96. The zero-order chi connectivity index (χ0) is 11.4. The molecule has 0 unspecified atom stereocenters. The number of hydrogen-bond donors (Lipinski definition) is 1. The van der Waals surface area contributed by atoms with Crippen molar-refractivity contribution in [3.63, 3.8) is 0 Å². The second-order valence-electron chi connectivity index (χ2n) is 3.60. The zero-order valence-electron chi connectivity index (χ0n) is 9.09. The average molecular weight is 211 g/mol. The first-order chi connectivity index (χ1) is 7.83. The summed E-state index contributed by atoms with van der Waals surface area (Å²) in [5, 5.41) is 12.1. The molecule has 2 rings (SSSR count). The molecule has 0 atom stereocenters. The van der Waals surface area contributed by atoms with Gasteiger partial charge in [-0.1, -0.05) is 59.8 Å². The van der Waals surface area contributed by atoms with Gasteiger partial charge in [-0.15, -0.1) is 0 Å². The van der Waals surface area contributed by atoms with E-state index in [1.165, 1.54) is 0 Å². The van der Waals surface area contributed by atoms with E-state index in [0.29, 0.717) is 5.71 Å². The van der Waals surface area contributed by atoms with Crippen LogP contribution in [0.4, 0.5) is 0 Å². The molecule has 0 heterocycles. The van der Waals surface area contributed by atoms with Gasteiger partial charge in [0, 0.05) is 5.56 Å². The second-order valence-corrected chi connectivity index (χ2v) is 3.60. The van der Waals surface area contributed by atoms with Gasteiger partial charge < -0.3 is 5.21 Å². The van der Waals surface area contributed by atoms with E-state index in [1.54, 1.807) is 6.92 Å². The summed E-state index contributed by atoms with van der Waals surface area (Å²) in [6.45, 7) is 1.79. The van der Waals surface area contributed by atoms with Gasteiger partial charge in [-0.25, -0.2) is 0 Å². The van der Waals surface area contributed by atoms with Crippen LogP contribution in [0.15, 0.2) is 59.8 Å². The first-order valence-electron chi connectivity index (χ1n) is 5.16. The molecule has 2 nitrogen and oxygen atoms in total. The van der Waals surface area contributed by atoms with E-state index in [1.807, 2.05) is 54.6 Å². The Morgan fingerprint density at radius 3 is 2.25 bits per heavy atom. The van der Waals surface area contributed by atoms with Gasteiger partial charge in [0.1, 0.15) is 0 Å². The molecule has 2 aromatic carbocycles. The van der Waals surface area contributed by atoms with Crippen molar-refractivity contribution in [1.29, 1.82) is 0 Å². The first-order valence-corrected chi connectivity index (χ1v) is 5.16. The van der Waals surface area contributed by atoms with E-state index in [0.717, 1.165) is 16.7 Å². The van der Waals surface area contributed by atoms with Crippen LogP contribution in [-0.4, -0.2) is 10.9 Å². The summed E-state index contributed by atoms with van der Waals surface area (Å²) in [6.07, 6.45) is 0. The maximum absolute atomic E-state index is 8.85. The van der Waals surface area contributed by atoms with Crippen LogP contribution < -0.4 is 0 Å². The van der Waals surface area contributed by atoms with Crippen molar-refractivity contribution < 1.29 is 5.21 Å². The molecule has 0 saturated carbocycles. The van der Waals surface area contributed by atoms with E-state index in [2.05, 4.69) is 5.16 Å². The predicted octanol–water partition coefficient (Wildman–Crippen LogP) is 3.55. The van der Waals surface area contributed by atoms with E-state index >= 15 is 0 Å². The highest BCUT2D eigenvalue weighted by molar-refractivity contribution is 6.04. The van der Waals surface area contributed by atoms with Gasteiger partial charge in [0.25, 0.3) is 0 Å². The van der Waals surface area contributed by atoms with Gasteiger partial charge in [-0.2, -0.15) is 0 Å². The predicted molar refractivity (Wildman–Crippen MR) is 65.9 cm³/mol. The van der Waals surface area contributed by atoms with Gasteiger partial charge in [-0.05, 0) is 18.1 Å². The molecule has 0 fully saturated rings. The van der Waals surface area contributed by atoms with E-state index < -0.39 is 0 Å². The Morgan fingerprint density at radius 1 is 0.938 bits per heavy atom. The molecule has 16 heavy (non-hydrogen) atoms. The molecule has 0 aliphatic carbocycles. The molecule has 0 saturated heterocycles. The quantitative estimate of drug-likeness (QED) is 0.460. The Kier molecular flexibility index (Phi) is 3.01. The molecule has 0 radical (unpaired) electrons. The van der Waals surface area contributed by atoms with Crippen LogP contribution in [0.3, 0.4) is 0 Å². The fraction of sp³-hybridized carbons (Fsp3) is 0.0714. The van der Waals surface area contributed by atoms with Crippen molar-refractivity contribution in [2.45, 2.75) is 6.92 Å². The standard InChI is InChI=1S/C14H13NO/c1-11(15-16)13-9-5-6-10-14(13)12-7-3-2-4-8-12/h2-10,16H,1H3/b15-11+. The van der Waals surface area contributed by atoms with Gasteiger partial charge in [-0.3, -0.25) is 0 Å². The maximum atomic E-state index is 8.85. The largest absolute Gasteiger partial charge is 0.411 e. The van der Waals surface area contributed by atoms with Gasteiger partial charge in [0.2, 0.25) is 0 Å². The summed E-state index contributed by atoms with van der Waals surface area (Å²) in [6, 6.07) is 18.0. The topological polar surface area (TPSA) is 32.6 Å². The van der Waals surface area contributed by atoms with Gasteiger partial charge >= 0.3 is 0 Å². The highest BCUT2D eigenvalue weighted by Gasteiger charge is 2.06. The lowest BCUT2D eigenvalue weighted by atomic mass is 9.97. The first kappa shape index (κ1) is 10.4. The van der Waals surface area contributed by atoms with Crippen LogP contribution in [0, 0.1) is 0 Å². The molecule has 0 aliphatic heterocycles. The van der Waals surface area contributed by atoms with Crippen molar-refractivity contribution in [2.75, 3.05) is 0 Å². The molecular weight excluding hydrogens is 198 g/mol. The maximum Gasteiger partial charge on any atom is 0.0843 e. The number of hydrogen-bond acceptors (Lipinski definition) is 2. The minimum atomic E-state index is 0.624. The van der Waals surface area contributed by atoms with Gasteiger partial charge in [0.15, 0.2) is 0 Å². The minimum Gasteiger partial charge on any atom is -0.411 e.